The molecule has 2 aromatic carbocycles. The molecular weight excluding hydrogens is 474 g/mol. The normalized spacial score (nSPS) is 21.5. The Balaban J connectivity index is 1.20. The van der Waals surface area contributed by atoms with Crippen LogP contribution >= 0.6 is 11.6 Å². The highest BCUT2D eigenvalue weighted by molar-refractivity contribution is 6.30. The summed E-state index contributed by atoms with van der Waals surface area (Å²) in [6.45, 7) is 3.52. The van der Waals surface area contributed by atoms with E-state index in [4.69, 9.17) is 16.3 Å². The summed E-state index contributed by atoms with van der Waals surface area (Å²) in [6.07, 6.45) is 5.29. The van der Waals surface area contributed by atoms with Crippen LogP contribution in [0.2, 0.25) is 5.02 Å². The Bertz CT molecular complexity index is 1070. The van der Waals surface area contributed by atoms with Gasteiger partial charge in [0, 0.05) is 24.2 Å². The van der Waals surface area contributed by atoms with Crippen molar-refractivity contribution in [1.29, 1.82) is 0 Å². The number of hydrogen-bond donors (Lipinski definition) is 1. The average molecular weight is 505 g/mol. The fourth-order valence-electron chi connectivity index (χ4n) is 5.41. The van der Waals surface area contributed by atoms with Gasteiger partial charge in [0.2, 0.25) is 0 Å². The Morgan fingerprint density at radius 3 is 2.49 bits per heavy atom. The Morgan fingerprint density at radius 2 is 1.80 bits per heavy atom. The summed E-state index contributed by atoms with van der Waals surface area (Å²) >= 11 is 5.98. The Labute approximate surface area is 209 Å². The molecule has 35 heavy (non-hydrogen) atoms. The number of hydrogen-bond acceptors (Lipinski definition) is 4. The number of likely N-dealkylation sites (tertiary alicyclic amines) is 1. The van der Waals surface area contributed by atoms with E-state index in [0.29, 0.717) is 54.4 Å². The van der Waals surface area contributed by atoms with Crippen molar-refractivity contribution >= 4 is 23.3 Å². The van der Waals surface area contributed by atoms with Crippen molar-refractivity contribution < 1.29 is 23.4 Å². The number of halogens is 3. The fourth-order valence-corrected chi connectivity index (χ4v) is 5.65. The molecule has 188 valence electrons. The van der Waals surface area contributed by atoms with E-state index in [-0.39, 0.29) is 5.82 Å². The minimum atomic E-state index is -0.901. The lowest BCUT2D eigenvalue weighted by atomic mass is 9.97. The van der Waals surface area contributed by atoms with Crippen LogP contribution in [-0.2, 0) is 11.3 Å². The highest BCUT2D eigenvalue weighted by Gasteiger charge is 2.35. The third-order valence-electron chi connectivity index (χ3n) is 7.45. The molecule has 5 nitrogen and oxygen atoms in total. The van der Waals surface area contributed by atoms with Crippen LogP contribution in [0.4, 0.5) is 14.5 Å². The maximum atomic E-state index is 15.1. The minimum absolute atomic E-state index is 0.316. The molecule has 1 unspecified atom stereocenters. The first kappa shape index (κ1) is 24.3. The van der Waals surface area contributed by atoms with Gasteiger partial charge in [0.15, 0.2) is 0 Å². The summed E-state index contributed by atoms with van der Waals surface area (Å²) in [7, 11) is 0. The Morgan fingerprint density at radius 1 is 1.03 bits per heavy atom. The number of carboxylic acid groups (broad SMARTS) is 1. The molecule has 3 fully saturated rings. The van der Waals surface area contributed by atoms with Gasteiger partial charge in [-0.3, -0.25) is 4.90 Å². The number of nitrogens with zero attached hydrogens (tertiary/aromatic N) is 2. The van der Waals surface area contributed by atoms with E-state index in [1.54, 1.807) is 11.0 Å². The number of benzene rings is 2. The van der Waals surface area contributed by atoms with Crippen molar-refractivity contribution in [2.24, 2.45) is 5.92 Å². The van der Waals surface area contributed by atoms with Gasteiger partial charge in [-0.15, -0.1) is 0 Å². The standard InChI is InChI=1S/C27H31ClF2N2O3/c28-20-10-18(11-21(29)12-20)15-31-8-5-17(6-9-31)16-35-26-14-23(30)25(13-22(26)19-3-4-19)32-7-1-2-24(32)27(33)34/h10-14,17,19,24H,1-9,15-16H2,(H,33,34). The number of ether oxygens (including phenoxy) is 1. The zero-order chi connectivity index (χ0) is 24.5. The number of carbonyl (C=O) groups is 1. The van der Waals surface area contributed by atoms with E-state index in [1.165, 1.54) is 18.2 Å². The van der Waals surface area contributed by atoms with Crippen molar-refractivity contribution in [1.82, 2.24) is 4.90 Å². The van der Waals surface area contributed by atoms with Gasteiger partial charge in [0.05, 0.1) is 12.3 Å². The fraction of sp³-hybridized carbons (Fsp3) is 0.519. The van der Waals surface area contributed by atoms with Crippen molar-refractivity contribution in [3.05, 3.63) is 58.1 Å². The molecule has 1 saturated carbocycles. The van der Waals surface area contributed by atoms with E-state index in [9.17, 15) is 14.3 Å². The molecule has 2 aromatic rings. The van der Waals surface area contributed by atoms with Gasteiger partial charge in [0.25, 0.3) is 0 Å². The van der Waals surface area contributed by atoms with Crippen LogP contribution in [0, 0.1) is 17.6 Å². The van der Waals surface area contributed by atoms with E-state index < -0.39 is 17.8 Å². The summed E-state index contributed by atoms with van der Waals surface area (Å²) in [6, 6.07) is 7.27. The number of piperidine rings is 1. The molecular formula is C27H31ClF2N2O3. The Kier molecular flexibility index (Phi) is 7.17. The van der Waals surface area contributed by atoms with Crippen LogP contribution in [0.3, 0.4) is 0 Å². The predicted molar refractivity (Wildman–Crippen MR) is 131 cm³/mol. The van der Waals surface area contributed by atoms with Gasteiger partial charge in [-0.25, -0.2) is 13.6 Å². The summed E-state index contributed by atoms with van der Waals surface area (Å²) in [5.41, 5.74) is 2.25. The van der Waals surface area contributed by atoms with Crippen molar-refractivity contribution in [3.63, 3.8) is 0 Å². The summed E-state index contributed by atoms with van der Waals surface area (Å²) < 4.78 is 34.9. The van der Waals surface area contributed by atoms with E-state index in [1.807, 2.05) is 6.07 Å². The second kappa shape index (κ2) is 10.3. The topological polar surface area (TPSA) is 53.0 Å². The molecule has 0 amide bonds. The molecule has 8 heteroatoms. The second-order valence-corrected chi connectivity index (χ2v) is 10.6. The third kappa shape index (κ3) is 5.72. The monoisotopic (exact) mass is 504 g/mol. The third-order valence-corrected chi connectivity index (χ3v) is 7.67. The maximum absolute atomic E-state index is 15.1. The first-order valence-electron chi connectivity index (χ1n) is 12.5. The van der Waals surface area contributed by atoms with Crippen LogP contribution in [0.1, 0.15) is 55.6 Å². The molecule has 0 bridgehead atoms. The molecule has 1 N–H and O–H groups in total. The van der Waals surface area contributed by atoms with Crippen LogP contribution in [-0.4, -0.2) is 48.3 Å². The Hall–Kier alpha value is -2.38. The molecule has 2 aliphatic heterocycles. The average Bonchev–Trinajstić information content (AvgIpc) is 3.53. The van der Waals surface area contributed by atoms with Crippen molar-refractivity contribution in [3.8, 4) is 5.75 Å². The summed E-state index contributed by atoms with van der Waals surface area (Å²) in [5, 5.41) is 9.93. The van der Waals surface area contributed by atoms with E-state index in [2.05, 4.69) is 4.90 Å². The number of anilines is 1. The number of rotatable bonds is 8. The summed E-state index contributed by atoms with van der Waals surface area (Å²) in [5.74, 6) is -0.314. The van der Waals surface area contributed by atoms with Gasteiger partial charge in [-0.05, 0) is 98.8 Å². The molecule has 0 radical (unpaired) electrons. The number of aliphatic carboxylic acids is 1. The van der Waals surface area contributed by atoms with Crippen LogP contribution in [0.5, 0.6) is 5.75 Å². The van der Waals surface area contributed by atoms with Crippen molar-refractivity contribution in [2.75, 3.05) is 31.1 Å². The van der Waals surface area contributed by atoms with Gasteiger partial charge in [-0.2, -0.15) is 0 Å². The number of carboxylic acids is 1. The van der Waals surface area contributed by atoms with Gasteiger partial charge >= 0.3 is 5.97 Å². The smallest absolute Gasteiger partial charge is 0.326 e. The van der Waals surface area contributed by atoms with Gasteiger partial charge in [-0.1, -0.05) is 11.6 Å². The molecule has 0 spiro atoms. The van der Waals surface area contributed by atoms with Crippen LogP contribution in [0.15, 0.2) is 30.3 Å². The van der Waals surface area contributed by atoms with Gasteiger partial charge < -0.3 is 14.7 Å². The molecule has 1 atom stereocenters. The molecule has 3 aliphatic rings. The minimum Gasteiger partial charge on any atom is -0.493 e. The SMILES string of the molecule is O=C(O)C1CCCN1c1cc(C2CC2)c(OCC2CCN(Cc3cc(F)cc(Cl)c3)CC2)cc1F. The molecule has 2 heterocycles. The summed E-state index contributed by atoms with van der Waals surface area (Å²) in [4.78, 5) is 15.6. The lowest BCUT2D eigenvalue weighted by molar-refractivity contribution is -0.138. The van der Waals surface area contributed by atoms with E-state index in [0.717, 1.165) is 56.3 Å². The van der Waals surface area contributed by atoms with E-state index >= 15 is 4.39 Å². The lowest BCUT2D eigenvalue weighted by Crippen LogP contribution is -2.36. The highest BCUT2D eigenvalue weighted by Crippen LogP contribution is 2.47. The molecule has 0 aromatic heterocycles. The highest BCUT2D eigenvalue weighted by atomic mass is 35.5. The van der Waals surface area contributed by atoms with Gasteiger partial charge in [0.1, 0.15) is 23.4 Å². The zero-order valence-corrected chi connectivity index (χ0v) is 20.4. The van der Waals surface area contributed by atoms with Crippen LogP contribution in [0.25, 0.3) is 0 Å². The van der Waals surface area contributed by atoms with Crippen molar-refractivity contribution in [2.45, 2.75) is 57.0 Å². The zero-order valence-electron chi connectivity index (χ0n) is 19.7. The maximum Gasteiger partial charge on any atom is 0.326 e. The quantitative estimate of drug-likeness (QED) is 0.489. The molecule has 2 saturated heterocycles. The second-order valence-electron chi connectivity index (χ2n) is 10.1. The first-order valence-corrected chi connectivity index (χ1v) is 12.9. The first-order chi connectivity index (χ1) is 16.9. The largest absolute Gasteiger partial charge is 0.493 e. The molecule has 1 aliphatic carbocycles. The molecule has 5 rings (SSSR count). The predicted octanol–water partition coefficient (Wildman–Crippen LogP) is 5.84. The lowest BCUT2D eigenvalue weighted by Gasteiger charge is -2.32. The van der Waals surface area contributed by atoms with Crippen LogP contribution < -0.4 is 9.64 Å².